The van der Waals surface area contributed by atoms with Gasteiger partial charge < -0.3 is 5.11 Å². The Balaban J connectivity index is 2.47. The molecule has 22 heavy (non-hydrogen) atoms. The van der Waals surface area contributed by atoms with E-state index in [9.17, 15) is 22.0 Å². The Labute approximate surface area is 129 Å². The molecule has 5 nitrogen and oxygen atoms in total. The van der Waals surface area contributed by atoms with Gasteiger partial charge in [-0.2, -0.15) is 0 Å². The van der Waals surface area contributed by atoms with Gasteiger partial charge in [0.25, 0.3) is 10.0 Å². The normalized spacial score (nSPS) is 11.2. The molecule has 0 aliphatic heterocycles. The van der Waals surface area contributed by atoms with E-state index >= 15 is 0 Å². The lowest BCUT2D eigenvalue weighted by atomic mass is 10.2. The second-order valence-electron chi connectivity index (χ2n) is 4.18. The van der Waals surface area contributed by atoms with Crippen LogP contribution in [0, 0.1) is 11.6 Å². The van der Waals surface area contributed by atoms with Crippen LogP contribution in [-0.4, -0.2) is 19.5 Å². The van der Waals surface area contributed by atoms with Crippen LogP contribution in [0.3, 0.4) is 0 Å². The summed E-state index contributed by atoms with van der Waals surface area (Å²) in [6.07, 6.45) is 0. The molecule has 0 saturated heterocycles. The Kier molecular flexibility index (Phi) is 4.34. The fourth-order valence-electron chi connectivity index (χ4n) is 1.68. The van der Waals surface area contributed by atoms with Gasteiger partial charge in [-0.15, -0.1) is 0 Å². The lowest BCUT2D eigenvalue weighted by Crippen LogP contribution is -2.16. The van der Waals surface area contributed by atoms with E-state index in [0.29, 0.717) is 6.07 Å². The van der Waals surface area contributed by atoms with Crippen molar-refractivity contribution in [3.63, 3.8) is 0 Å². The predicted octanol–water partition coefficient (Wildman–Crippen LogP) is 3.12. The zero-order valence-electron chi connectivity index (χ0n) is 10.7. The highest BCUT2D eigenvalue weighted by Crippen LogP contribution is 2.26. The molecule has 0 fully saturated rings. The van der Waals surface area contributed by atoms with Gasteiger partial charge in [0.05, 0.1) is 16.3 Å². The standard InChI is InChI=1S/C13H8ClF2NO4S/c14-10-6-8(16)2-4-12(10)22(20,21)17-11-3-1-7(15)5-9(11)13(18)19/h1-6,17H,(H,18,19). The van der Waals surface area contributed by atoms with Crippen molar-refractivity contribution < 1.29 is 27.1 Å². The lowest BCUT2D eigenvalue weighted by Gasteiger charge is -2.11. The Morgan fingerprint density at radius 1 is 1.09 bits per heavy atom. The molecular formula is C13H8ClF2NO4S. The first-order valence-corrected chi connectivity index (χ1v) is 7.57. The van der Waals surface area contributed by atoms with Crippen molar-refractivity contribution in [3.05, 3.63) is 58.6 Å². The van der Waals surface area contributed by atoms with Crippen LogP contribution in [0.4, 0.5) is 14.5 Å². The number of halogens is 3. The molecule has 9 heteroatoms. The average Bonchev–Trinajstić information content (AvgIpc) is 2.39. The second-order valence-corrected chi connectivity index (χ2v) is 6.23. The number of hydrogen-bond donors (Lipinski definition) is 2. The van der Waals surface area contributed by atoms with E-state index in [1.54, 1.807) is 0 Å². The molecule has 0 saturated carbocycles. The summed E-state index contributed by atoms with van der Waals surface area (Å²) in [6, 6.07) is 5.17. The molecule has 0 aromatic heterocycles. The number of carboxylic acid groups (broad SMARTS) is 1. The molecule has 0 aliphatic carbocycles. The topological polar surface area (TPSA) is 83.5 Å². The summed E-state index contributed by atoms with van der Waals surface area (Å²) in [5, 5.41) is 8.60. The monoisotopic (exact) mass is 347 g/mol. The van der Waals surface area contributed by atoms with Crippen LogP contribution in [0.5, 0.6) is 0 Å². The van der Waals surface area contributed by atoms with Crippen LogP contribution in [0.2, 0.25) is 5.02 Å². The summed E-state index contributed by atoms with van der Waals surface area (Å²) in [7, 11) is -4.26. The van der Waals surface area contributed by atoms with Crippen molar-refractivity contribution in [2.75, 3.05) is 4.72 Å². The number of aromatic carboxylic acids is 1. The van der Waals surface area contributed by atoms with E-state index in [1.807, 2.05) is 4.72 Å². The molecule has 0 unspecified atom stereocenters. The zero-order valence-corrected chi connectivity index (χ0v) is 12.3. The van der Waals surface area contributed by atoms with Gasteiger partial charge in [-0.25, -0.2) is 22.0 Å². The largest absolute Gasteiger partial charge is 0.478 e. The van der Waals surface area contributed by atoms with Gasteiger partial charge in [-0.3, -0.25) is 4.72 Å². The van der Waals surface area contributed by atoms with E-state index in [1.165, 1.54) is 0 Å². The molecule has 2 aromatic carbocycles. The van der Waals surface area contributed by atoms with Gasteiger partial charge in [0.2, 0.25) is 0 Å². The maximum atomic E-state index is 13.1. The van der Waals surface area contributed by atoms with Crippen LogP contribution in [0.15, 0.2) is 41.3 Å². The third kappa shape index (κ3) is 3.34. The maximum absolute atomic E-state index is 13.1. The Bertz CT molecular complexity index is 855. The summed E-state index contributed by atoms with van der Waals surface area (Å²) >= 11 is 5.67. The molecule has 0 amide bonds. The first-order valence-electron chi connectivity index (χ1n) is 5.71. The van der Waals surface area contributed by atoms with Gasteiger partial charge in [-0.05, 0) is 36.4 Å². The molecule has 0 atom stereocenters. The number of carboxylic acids is 1. The Hall–Kier alpha value is -2.19. The van der Waals surface area contributed by atoms with Crippen molar-refractivity contribution in [2.24, 2.45) is 0 Å². The van der Waals surface area contributed by atoms with Crippen LogP contribution in [-0.2, 0) is 10.0 Å². The molecule has 0 heterocycles. The molecule has 0 spiro atoms. The van der Waals surface area contributed by atoms with Crippen LogP contribution < -0.4 is 4.72 Å². The van der Waals surface area contributed by atoms with E-state index in [2.05, 4.69) is 0 Å². The molecule has 0 aliphatic rings. The van der Waals surface area contributed by atoms with E-state index < -0.39 is 38.1 Å². The van der Waals surface area contributed by atoms with E-state index in [0.717, 1.165) is 30.3 Å². The van der Waals surface area contributed by atoms with Gasteiger partial charge >= 0.3 is 5.97 Å². The molecular weight excluding hydrogens is 340 g/mol. The fourth-order valence-corrected chi connectivity index (χ4v) is 3.29. The highest BCUT2D eigenvalue weighted by Gasteiger charge is 2.21. The minimum Gasteiger partial charge on any atom is -0.478 e. The van der Waals surface area contributed by atoms with Gasteiger partial charge in [0, 0.05) is 0 Å². The smallest absolute Gasteiger partial charge is 0.337 e. The maximum Gasteiger partial charge on any atom is 0.337 e. The van der Waals surface area contributed by atoms with Crippen molar-refractivity contribution in [1.29, 1.82) is 0 Å². The number of benzene rings is 2. The number of nitrogens with one attached hydrogen (secondary N) is 1. The third-order valence-electron chi connectivity index (χ3n) is 2.64. The SMILES string of the molecule is O=C(O)c1cc(F)ccc1NS(=O)(=O)c1ccc(F)cc1Cl. The van der Waals surface area contributed by atoms with Crippen LogP contribution in [0.1, 0.15) is 10.4 Å². The lowest BCUT2D eigenvalue weighted by molar-refractivity contribution is 0.0697. The summed E-state index contributed by atoms with van der Waals surface area (Å²) in [5.74, 6) is -3.07. The van der Waals surface area contributed by atoms with Crippen molar-refractivity contribution >= 4 is 33.3 Å². The summed E-state index contributed by atoms with van der Waals surface area (Å²) in [6.45, 7) is 0. The summed E-state index contributed by atoms with van der Waals surface area (Å²) < 4.78 is 52.4. The molecule has 2 rings (SSSR count). The summed E-state index contributed by atoms with van der Waals surface area (Å²) in [4.78, 5) is 10.6. The van der Waals surface area contributed by atoms with E-state index in [4.69, 9.17) is 16.7 Å². The van der Waals surface area contributed by atoms with Gasteiger partial charge in [-0.1, -0.05) is 11.6 Å². The van der Waals surface area contributed by atoms with Crippen LogP contribution in [0.25, 0.3) is 0 Å². The van der Waals surface area contributed by atoms with Gasteiger partial charge in [0.15, 0.2) is 0 Å². The first-order chi connectivity index (χ1) is 10.2. The fraction of sp³-hybridized carbons (Fsp3) is 0. The zero-order chi connectivity index (χ0) is 16.5. The molecule has 116 valence electrons. The highest BCUT2D eigenvalue weighted by molar-refractivity contribution is 7.92. The molecule has 0 bridgehead atoms. The number of sulfonamides is 1. The first kappa shape index (κ1) is 16.2. The van der Waals surface area contributed by atoms with Crippen molar-refractivity contribution in [3.8, 4) is 0 Å². The number of carbonyl (C=O) groups is 1. The Morgan fingerprint density at radius 2 is 1.68 bits per heavy atom. The molecule has 2 aromatic rings. The van der Waals surface area contributed by atoms with Crippen molar-refractivity contribution in [2.45, 2.75) is 4.90 Å². The Morgan fingerprint density at radius 3 is 2.27 bits per heavy atom. The minimum atomic E-state index is -4.26. The third-order valence-corrected chi connectivity index (χ3v) is 4.49. The summed E-state index contributed by atoms with van der Waals surface area (Å²) in [5.41, 5.74) is -0.906. The number of rotatable bonds is 4. The number of anilines is 1. The minimum absolute atomic E-state index is 0.339. The quantitative estimate of drug-likeness (QED) is 0.890. The molecule has 0 radical (unpaired) electrons. The second kappa shape index (κ2) is 5.90. The van der Waals surface area contributed by atoms with Crippen LogP contribution >= 0.6 is 11.6 Å². The predicted molar refractivity (Wildman–Crippen MR) is 75.6 cm³/mol. The highest BCUT2D eigenvalue weighted by atomic mass is 35.5. The average molecular weight is 348 g/mol. The van der Waals surface area contributed by atoms with Crippen molar-refractivity contribution in [1.82, 2.24) is 0 Å². The molecule has 2 N–H and O–H groups in total. The van der Waals surface area contributed by atoms with Gasteiger partial charge in [0.1, 0.15) is 16.5 Å². The number of hydrogen-bond acceptors (Lipinski definition) is 3. The van der Waals surface area contributed by atoms with E-state index in [-0.39, 0.29) is 10.7 Å².